The molecule has 0 aromatic heterocycles. The van der Waals surface area contributed by atoms with E-state index in [1.54, 1.807) is 6.21 Å². The summed E-state index contributed by atoms with van der Waals surface area (Å²) in [6.45, 7) is 7.92. The summed E-state index contributed by atoms with van der Waals surface area (Å²) >= 11 is 0. The highest BCUT2D eigenvalue weighted by molar-refractivity contribution is 6.45. The van der Waals surface area contributed by atoms with Crippen molar-refractivity contribution in [2.75, 3.05) is 6.54 Å². The van der Waals surface area contributed by atoms with Crippen molar-refractivity contribution in [3.63, 3.8) is 0 Å². The van der Waals surface area contributed by atoms with E-state index in [4.69, 9.17) is 0 Å². The lowest BCUT2D eigenvalue weighted by Gasteiger charge is -2.12. The Hall–Kier alpha value is -1.77. The van der Waals surface area contributed by atoms with Gasteiger partial charge in [0.15, 0.2) is 0 Å². The Balaban J connectivity index is 3.14. The van der Waals surface area contributed by atoms with Crippen molar-refractivity contribution in [1.82, 2.24) is 0 Å². The zero-order valence-corrected chi connectivity index (χ0v) is 12.8. The monoisotopic (exact) mass is 273 g/mol. The number of hydrogen-bond donors (Lipinski definition) is 0. The Bertz CT molecular complexity index is 505. The molecule has 1 rings (SSSR count). The predicted octanol–water partition coefficient (Wildman–Crippen LogP) is 3.35. The second kappa shape index (κ2) is 7.73. The fraction of sp³-hybridized carbons (Fsp3) is 0.471. The molecular formula is C17H23NO2. The number of Topliss-reactive ketones (excluding diaryl/α,β-unsaturated/α-hetero) is 2. The van der Waals surface area contributed by atoms with Crippen molar-refractivity contribution in [2.24, 2.45) is 4.99 Å². The molecule has 108 valence electrons. The van der Waals surface area contributed by atoms with Gasteiger partial charge in [-0.1, -0.05) is 38.5 Å². The number of aryl methyl sites for hydroxylation is 3. The molecule has 0 bridgehead atoms. The fourth-order valence-electron chi connectivity index (χ4n) is 2.28. The van der Waals surface area contributed by atoms with Crippen LogP contribution in [-0.4, -0.2) is 24.3 Å². The zero-order valence-electron chi connectivity index (χ0n) is 12.8. The standard InChI is InChI=1S/C17H23NO2/c1-5-8-18-11-15(19)17(20)16-13(6-2)9-12(4)10-14(16)7-3/h8-10H,5-7,11H2,1-4H3. The van der Waals surface area contributed by atoms with Gasteiger partial charge in [-0.25, -0.2) is 0 Å². The van der Waals surface area contributed by atoms with Crippen LogP contribution in [0.15, 0.2) is 17.1 Å². The number of carbonyl (C=O) groups excluding carboxylic acids is 2. The van der Waals surface area contributed by atoms with Crippen LogP contribution in [0.2, 0.25) is 0 Å². The maximum atomic E-state index is 12.4. The van der Waals surface area contributed by atoms with Gasteiger partial charge in [-0.05, 0) is 43.5 Å². The lowest BCUT2D eigenvalue weighted by molar-refractivity contribution is -0.113. The van der Waals surface area contributed by atoms with E-state index in [9.17, 15) is 9.59 Å². The number of benzene rings is 1. The molecule has 0 aliphatic rings. The van der Waals surface area contributed by atoms with E-state index in [2.05, 4.69) is 4.99 Å². The summed E-state index contributed by atoms with van der Waals surface area (Å²) in [6, 6.07) is 3.99. The molecule has 1 aromatic carbocycles. The molecule has 0 radical (unpaired) electrons. The minimum absolute atomic E-state index is 0.0488. The van der Waals surface area contributed by atoms with Crippen molar-refractivity contribution in [2.45, 2.75) is 47.0 Å². The van der Waals surface area contributed by atoms with Gasteiger partial charge in [0.2, 0.25) is 11.6 Å². The lowest BCUT2D eigenvalue weighted by atomic mass is 9.91. The topological polar surface area (TPSA) is 46.5 Å². The average molecular weight is 273 g/mol. The molecule has 0 aliphatic heterocycles. The molecule has 0 spiro atoms. The quantitative estimate of drug-likeness (QED) is 0.434. The van der Waals surface area contributed by atoms with Crippen LogP contribution in [0.4, 0.5) is 0 Å². The Labute approximate surface area is 121 Å². The molecule has 20 heavy (non-hydrogen) atoms. The van der Waals surface area contributed by atoms with Gasteiger partial charge in [0.05, 0.1) is 0 Å². The van der Waals surface area contributed by atoms with E-state index >= 15 is 0 Å². The van der Waals surface area contributed by atoms with Gasteiger partial charge < -0.3 is 0 Å². The Kier molecular flexibility index (Phi) is 6.29. The number of aliphatic imine (C=N–C) groups is 1. The van der Waals surface area contributed by atoms with Gasteiger partial charge in [-0.3, -0.25) is 14.6 Å². The molecule has 0 heterocycles. The summed E-state index contributed by atoms with van der Waals surface area (Å²) < 4.78 is 0. The highest BCUT2D eigenvalue weighted by Crippen LogP contribution is 2.20. The van der Waals surface area contributed by atoms with Gasteiger partial charge in [-0.2, -0.15) is 0 Å². The van der Waals surface area contributed by atoms with Crippen LogP contribution >= 0.6 is 0 Å². The van der Waals surface area contributed by atoms with E-state index in [0.29, 0.717) is 5.56 Å². The minimum Gasteiger partial charge on any atom is -0.289 e. The zero-order chi connectivity index (χ0) is 15.1. The molecule has 0 N–H and O–H groups in total. The third-order valence-electron chi connectivity index (χ3n) is 3.23. The summed E-state index contributed by atoms with van der Waals surface area (Å²) in [6.07, 6.45) is 3.94. The Morgan fingerprint density at radius 2 is 1.65 bits per heavy atom. The first kappa shape index (κ1) is 16.3. The first-order chi connectivity index (χ1) is 9.54. The molecule has 0 saturated heterocycles. The van der Waals surface area contributed by atoms with Gasteiger partial charge in [-0.15, -0.1) is 0 Å². The second-order valence-corrected chi connectivity index (χ2v) is 4.85. The molecule has 0 unspecified atom stereocenters. The van der Waals surface area contributed by atoms with E-state index in [1.165, 1.54) is 0 Å². The molecule has 0 saturated carbocycles. The Morgan fingerprint density at radius 3 is 2.10 bits per heavy atom. The SMILES string of the molecule is CCC=NCC(=O)C(=O)c1c(CC)cc(C)cc1CC. The van der Waals surface area contributed by atoms with Crippen LogP contribution in [0.25, 0.3) is 0 Å². The first-order valence-corrected chi connectivity index (χ1v) is 7.23. The Morgan fingerprint density at radius 1 is 1.10 bits per heavy atom. The maximum absolute atomic E-state index is 12.4. The van der Waals surface area contributed by atoms with Crippen molar-refractivity contribution < 1.29 is 9.59 Å². The molecule has 0 amide bonds. The van der Waals surface area contributed by atoms with E-state index in [-0.39, 0.29) is 6.54 Å². The number of ketones is 2. The maximum Gasteiger partial charge on any atom is 0.231 e. The molecule has 0 aliphatic carbocycles. The highest BCUT2D eigenvalue weighted by atomic mass is 16.2. The van der Waals surface area contributed by atoms with Crippen molar-refractivity contribution >= 4 is 17.8 Å². The number of nitrogens with zero attached hydrogens (tertiary/aromatic N) is 1. The third kappa shape index (κ3) is 3.86. The van der Waals surface area contributed by atoms with E-state index in [0.717, 1.165) is 36.0 Å². The first-order valence-electron chi connectivity index (χ1n) is 7.23. The van der Waals surface area contributed by atoms with Gasteiger partial charge in [0, 0.05) is 5.56 Å². The van der Waals surface area contributed by atoms with E-state index in [1.807, 2.05) is 39.8 Å². The summed E-state index contributed by atoms with van der Waals surface area (Å²) in [5, 5.41) is 0. The van der Waals surface area contributed by atoms with Gasteiger partial charge >= 0.3 is 0 Å². The summed E-state index contributed by atoms with van der Waals surface area (Å²) in [5.41, 5.74) is 3.64. The second-order valence-electron chi connectivity index (χ2n) is 4.85. The van der Waals surface area contributed by atoms with Crippen LogP contribution < -0.4 is 0 Å². The van der Waals surface area contributed by atoms with Crippen LogP contribution in [0, 0.1) is 6.92 Å². The van der Waals surface area contributed by atoms with Crippen LogP contribution in [0.5, 0.6) is 0 Å². The molecule has 3 heteroatoms. The fourth-order valence-corrected chi connectivity index (χ4v) is 2.28. The smallest absolute Gasteiger partial charge is 0.231 e. The minimum atomic E-state index is -0.428. The van der Waals surface area contributed by atoms with Crippen LogP contribution in [0.1, 0.15) is 54.2 Å². The van der Waals surface area contributed by atoms with Crippen molar-refractivity contribution in [1.29, 1.82) is 0 Å². The average Bonchev–Trinajstić information content (AvgIpc) is 2.45. The highest BCUT2D eigenvalue weighted by Gasteiger charge is 2.21. The summed E-state index contributed by atoms with van der Waals surface area (Å²) in [7, 11) is 0. The normalized spacial score (nSPS) is 11.0. The molecule has 0 fully saturated rings. The number of hydrogen-bond acceptors (Lipinski definition) is 3. The lowest BCUT2D eigenvalue weighted by Crippen LogP contribution is -2.20. The molecule has 0 atom stereocenters. The predicted molar refractivity (Wildman–Crippen MR) is 82.9 cm³/mol. The van der Waals surface area contributed by atoms with E-state index < -0.39 is 11.6 Å². The van der Waals surface area contributed by atoms with Crippen molar-refractivity contribution in [3.05, 3.63) is 34.4 Å². The third-order valence-corrected chi connectivity index (χ3v) is 3.23. The molecule has 1 aromatic rings. The van der Waals surface area contributed by atoms with Crippen LogP contribution in [0.3, 0.4) is 0 Å². The van der Waals surface area contributed by atoms with Crippen LogP contribution in [-0.2, 0) is 17.6 Å². The molecule has 3 nitrogen and oxygen atoms in total. The van der Waals surface area contributed by atoms with Crippen molar-refractivity contribution in [3.8, 4) is 0 Å². The largest absolute Gasteiger partial charge is 0.289 e. The molecular weight excluding hydrogens is 250 g/mol. The summed E-state index contributed by atoms with van der Waals surface area (Å²) in [5.74, 6) is -0.824. The van der Waals surface area contributed by atoms with Gasteiger partial charge in [0.1, 0.15) is 6.54 Å². The number of carbonyl (C=O) groups is 2. The van der Waals surface area contributed by atoms with Gasteiger partial charge in [0.25, 0.3) is 0 Å². The number of rotatable bonds is 7. The summed E-state index contributed by atoms with van der Waals surface area (Å²) in [4.78, 5) is 28.3.